The summed E-state index contributed by atoms with van der Waals surface area (Å²) in [4.78, 5) is 14.6. The van der Waals surface area contributed by atoms with E-state index in [9.17, 15) is 9.90 Å². The van der Waals surface area contributed by atoms with E-state index in [4.69, 9.17) is 0 Å². The fraction of sp³-hybridized carbons (Fsp3) is 0.400. The van der Waals surface area contributed by atoms with Gasteiger partial charge in [0.2, 0.25) is 0 Å². The third-order valence-corrected chi connectivity index (χ3v) is 2.28. The molecule has 1 aromatic rings. The van der Waals surface area contributed by atoms with Crippen LogP contribution < -0.4 is 68.6 Å². The number of hydrogen-bond acceptors (Lipinski definition) is 4. The quantitative estimate of drug-likeness (QED) is 0.616. The molecule has 0 fully saturated rings. The number of pyridine rings is 1. The average Bonchev–Trinajstić information content (AvgIpc) is 2.17. The number of anilines is 1. The molecule has 0 aliphatic carbocycles. The Morgan fingerprint density at radius 3 is 3.07 bits per heavy atom. The van der Waals surface area contributed by atoms with Gasteiger partial charge in [0, 0.05) is 24.6 Å². The number of aliphatic carboxylic acids is 1. The third kappa shape index (κ3) is 3.62. The number of hydrogen-bond donors (Lipinski definition) is 1. The van der Waals surface area contributed by atoms with Crippen molar-refractivity contribution in [1.82, 2.24) is 4.98 Å². The fourth-order valence-corrected chi connectivity index (χ4v) is 1.62. The number of aryl methyl sites for hydroxylation is 1. The van der Waals surface area contributed by atoms with E-state index in [2.05, 4.69) is 10.3 Å². The van der Waals surface area contributed by atoms with Crippen molar-refractivity contribution in [3.05, 3.63) is 23.4 Å². The molecule has 0 aromatic carbocycles. The topological polar surface area (TPSA) is 65.0 Å². The Bertz CT molecular complexity index is 368. The third-order valence-electron chi connectivity index (χ3n) is 2.28. The minimum absolute atomic E-state index is 0. The van der Waals surface area contributed by atoms with Gasteiger partial charge in [-0.25, -0.2) is 4.98 Å². The molecule has 0 radical (unpaired) electrons. The van der Waals surface area contributed by atoms with Gasteiger partial charge < -0.3 is 15.2 Å². The van der Waals surface area contributed by atoms with Gasteiger partial charge in [-0.2, -0.15) is 0 Å². The maximum atomic E-state index is 10.4. The van der Waals surface area contributed by atoms with Crippen LogP contribution in [0.3, 0.4) is 0 Å². The number of carboxylic acid groups (broad SMARTS) is 1. The Morgan fingerprint density at radius 1 is 1.53 bits per heavy atom. The monoisotopic (exact) mass is 276 g/mol. The molecule has 0 atom stereocenters. The predicted molar refractivity (Wildman–Crippen MR) is 49.8 cm³/mol. The summed E-state index contributed by atoms with van der Waals surface area (Å²) in [7, 11) is 0. The summed E-state index contributed by atoms with van der Waals surface area (Å²) in [6.45, 7) is 0.911. The van der Waals surface area contributed by atoms with Crippen molar-refractivity contribution < 1.29 is 68.1 Å². The van der Waals surface area contributed by atoms with Crippen LogP contribution in [0.1, 0.15) is 17.7 Å². The van der Waals surface area contributed by atoms with E-state index in [1.807, 2.05) is 6.07 Å². The Hall–Kier alpha value is 0.225. The van der Waals surface area contributed by atoms with Gasteiger partial charge in [0.05, 0.1) is 0 Å². The summed E-state index contributed by atoms with van der Waals surface area (Å²) in [5, 5.41) is 13.5. The maximum absolute atomic E-state index is 10.4. The summed E-state index contributed by atoms with van der Waals surface area (Å²) in [5.41, 5.74) is 1.72. The van der Waals surface area contributed by atoms with Crippen LogP contribution in [0.4, 0.5) is 5.82 Å². The van der Waals surface area contributed by atoms with Gasteiger partial charge in [-0.1, -0.05) is 6.07 Å². The van der Waals surface area contributed by atoms with Gasteiger partial charge in [0.15, 0.2) is 0 Å². The average molecular weight is 277 g/mol. The van der Waals surface area contributed by atoms with Crippen LogP contribution in [0, 0.1) is 0 Å². The fourth-order valence-electron chi connectivity index (χ4n) is 1.62. The second-order valence-electron chi connectivity index (χ2n) is 3.39. The van der Waals surface area contributed by atoms with Crippen molar-refractivity contribution in [1.29, 1.82) is 0 Å². The van der Waals surface area contributed by atoms with Crippen molar-refractivity contribution in [2.45, 2.75) is 19.3 Å². The van der Waals surface area contributed by atoms with Crippen molar-refractivity contribution >= 4 is 11.8 Å². The standard InChI is InChI=1S/C10H12N2O2.Rb/c13-9(14)6-8-4-3-7-2-1-5-11-10(7)12-8;/h3-4H,1-2,5-6H2,(H,11,12)(H,13,14);/q;+1/p-1. The molecule has 15 heavy (non-hydrogen) atoms. The van der Waals surface area contributed by atoms with Crippen molar-refractivity contribution in [2.75, 3.05) is 11.9 Å². The zero-order valence-corrected chi connectivity index (χ0v) is 13.7. The van der Waals surface area contributed by atoms with Crippen LogP contribution in [0.15, 0.2) is 12.1 Å². The molecular formula is C10H11N2O2Rb. The Kier molecular flexibility index (Phi) is 5.39. The molecule has 0 amide bonds. The summed E-state index contributed by atoms with van der Waals surface area (Å²) < 4.78 is 0. The normalized spacial score (nSPS) is 13.3. The summed E-state index contributed by atoms with van der Waals surface area (Å²) >= 11 is 0. The first kappa shape index (κ1) is 13.3. The first-order valence-electron chi connectivity index (χ1n) is 4.68. The molecule has 1 N–H and O–H groups in total. The first-order valence-corrected chi connectivity index (χ1v) is 4.68. The predicted octanol–water partition coefficient (Wildman–Crippen LogP) is -3.26. The molecule has 1 aromatic heterocycles. The second kappa shape index (κ2) is 6.08. The number of rotatable bonds is 2. The molecule has 0 bridgehead atoms. The number of nitrogens with zero attached hydrogens (tertiary/aromatic N) is 1. The van der Waals surface area contributed by atoms with Gasteiger partial charge in [-0.15, -0.1) is 0 Å². The molecule has 5 heteroatoms. The molecule has 0 saturated heterocycles. The van der Waals surface area contributed by atoms with Crippen LogP contribution in [-0.2, 0) is 17.6 Å². The van der Waals surface area contributed by atoms with Gasteiger partial charge in [-0.05, 0) is 24.5 Å². The van der Waals surface area contributed by atoms with Gasteiger partial charge in [0.1, 0.15) is 5.82 Å². The van der Waals surface area contributed by atoms with Crippen LogP contribution >= 0.6 is 0 Å². The number of fused-ring (bicyclic) bond motifs is 1. The molecule has 2 rings (SSSR count). The molecule has 0 saturated carbocycles. The number of carbonyl (C=O) groups is 1. The van der Waals surface area contributed by atoms with Crippen LogP contribution in [0.2, 0.25) is 0 Å². The largest absolute Gasteiger partial charge is 1.00 e. The van der Waals surface area contributed by atoms with Crippen LogP contribution in [0.25, 0.3) is 0 Å². The minimum atomic E-state index is -1.09. The molecule has 0 unspecified atom stereocenters. The maximum Gasteiger partial charge on any atom is 1.00 e. The van der Waals surface area contributed by atoms with E-state index >= 15 is 0 Å². The molecule has 74 valence electrons. The smallest absolute Gasteiger partial charge is 0.550 e. The Balaban J connectivity index is 0.00000112. The van der Waals surface area contributed by atoms with Crippen LogP contribution in [-0.4, -0.2) is 17.5 Å². The Labute approximate surface area is 137 Å². The number of carbonyl (C=O) groups excluding carboxylic acids is 1. The summed E-state index contributed by atoms with van der Waals surface area (Å²) in [6, 6.07) is 3.69. The molecular weight excluding hydrogens is 266 g/mol. The van der Waals surface area contributed by atoms with E-state index in [0.717, 1.165) is 25.2 Å². The van der Waals surface area contributed by atoms with Gasteiger partial charge in [-0.3, -0.25) is 0 Å². The molecule has 1 aliphatic rings. The zero-order valence-electron chi connectivity index (χ0n) is 8.75. The summed E-state index contributed by atoms with van der Waals surface area (Å²) in [6.07, 6.45) is 2.00. The number of nitrogens with one attached hydrogen (secondary N) is 1. The van der Waals surface area contributed by atoms with Crippen LogP contribution in [0.5, 0.6) is 0 Å². The molecule has 0 spiro atoms. The van der Waals surface area contributed by atoms with Crippen molar-refractivity contribution in [2.24, 2.45) is 0 Å². The van der Waals surface area contributed by atoms with E-state index < -0.39 is 5.97 Å². The Morgan fingerprint density at radius 2 is 2.33 bits per heavy atom. The van der Waals surface area contributed by atoms with E-state index in [1.165, 1.54) is 5.56 Å². The zero-order chi connectivity index (χ0) is 9.97. The van der Waals surface area contributed by atoms with Crippen molar-refractivity contribution in [3.63, 3.8) is 0 Å². The molecule has 1 aliphatic heterocycles. The number of carboxylic acids is 1. The van der Waals surface area contributed by atoms with Crippen molar-refractivity contribution in [3.8, 4) is 0 Å². The number of aromatic nitrogens is 1. The van der Waals surface area contributed by atoms with Gasteiger partial charge in [0.25, 0.3) is 0 Å². The molecule has 2 heterocycles. The SMILES string of the molecule is O=C([O-])Cc1ccc2c(n1)NCCC2.[Rb+]. The first-order chi connectivity index (χ1) is 6.75. The van der Waals surface area contributed by atoms with E-state index in [-0.39, 0.29) is 64.6 Å². The summed E-state index contributed by atoms with van der Waals surface area (Å²) in [5.74, 6) is -0.261. The molecule has 4 nitrogen and oxygen atoms in total. The van der Waals surface area contributed by atoms with E-state index in [1.54, 1.807) is 6.07 Å². The van der Waals surface area contributed by atoms with Gasteiger partial charge >= 0.3 is 58.2 Å². The second-order valence-corrected chi connectivity index (χ2v) is 3.39. The van der Waals surface area contributed by atoms with E-state index in [0.29, 0.717) is 5.69 Å². The minimum Gasteiger partial charge on any atom is -0.550 e.